The van der Waals surface area contributed by atoms with Crippen LogP contribution >= 0.6 is 0 Å². The summed E-state index contributed by atoms with van der Waals surface area (Å²) in [5.74, 6) is -1.41. The zero-order valence-electron chi connectivity index (χ0n) is 19.1. The summed E-state index contributed by atoms with van der Waals surface area (Å²) in [6.07, 6.45) is 2.17. The van der Waals surface area contributed by atoms with E-state index in [0.717, 1.165) is 35.1 Å². The van der Waals surface area contributed by atoms with Crippen LogP contribution in [0, 0.1) is 5.92 Å². The zero-order chi connectivity index (χ0) is 24.4. The Morgan fingerprint density at radius 3 is 2.40 bits per heavy atom. The number of amides is 2. The highest BCUT2D eigenvalue weighted by molar-refractivity contribution is 6.00. The van der Waals surface area contributed by atoms with Gasteiger partial charge >= 0.3 is 12.1 Å². The highest BCUT2D eigenvalue weighted by Crippen LogP contribution is 2.44. The van der Waals surface area contributed by atoms with Gasteiger partial charge in [-0.3, -0.25) is 14.9 Å². The fourth-order valence-corrected chi connectivity index (χ4v) is 5.12. The minimum Gasteiger partial charge on any atom is -0.481 e. The molecule has 1 unspecified atom stereocenters. The molecule has 1 saturated heterocycles. The summed E-state index contributed by atoms with van der Waals surface area (Å²) in [5, 5.41) is 11.7. The molecule has 5 rings (SSSR count). The molecule has 0 bridgehead atoms. The van der Waals surface area contributed by atoms with Crippen LogP contribution in [0.4, 0.5) is 10.5 Å². The Morgan fingerprint density at radius 1 is 1.03 bits per heavy atom. The number of nitrogens with one attached hydrogen (secondary N) is 1. The van der Waals surface area contributed by atoms with Crippen molar-refractivity contribution in [2.24, 2.45) is 5.92 Å². The Bertz CT molecular complexity index is 1220. The van der Waals surface area contributed by atoms with E-state index in [-0.39, 0.29) is 42.2 Å². The fraction of sp³-hybridized carbons (Fsp3) is 0.296. The number of furan rings is 1. The van der Waals surface area contributed by atoms with Gasteiger partial charge in [0.2, 0.25) is 5.76 Å². The number of fused-ring (bicyclic) bond motifs is 3. The standard InChI is InChI=1S/C27H26N2O6/c30-24(31)14-17-6-5-12-29(15-17)26(32)25-23(11-13-34-25)28-27(33)35-16-22-20-9-3-1-7-18(20)19-8-2-4-10-21(19)22/h1-4,7-11,13,17,22H,5-6,12,14-16H2,(H,28,33)(H,30,31). The van der Waals surface area contributed by atoms with Gasteiger partial charge in [0.1, 0.15) is 6.61 Å². The van der Waals surface area contributed by atoms with Crippen molar-refractivity contribution in [2.45, 2.75) is 25.2 Å². The molecule has 0 radical (unpaired) electrons. The first-order valence-electron chi connectivity index (χ1n) is 11.7. The first-order valence-corrected chi connectivity index (χ1v) is 11.7. The maximum absolute atomic E-state index is 13.0. The molecule has 1 aliphatic heterocycles. The third kappa shape index (κ3) is 4.64. The van der Waals surface area contributed by atoms with Crippen LogP contribution in [0.25, 0.3) is 11.1 Å². The summed E-state index contributed by atoms with van der Waals surface area (Å²) in [6.45, 7) is 1.01. The second-order valence-corrected chi connectivity index (χ2v) is 8.97. The van der Waals surface area contributed by atoms with Crippen molar-refractivity contribution < 1.29 is 28.6 Å². The van der Waals surface area contributed by atoms with E-state index in [2.05, 4.69) is 17.4 Å². The number of likely N-dealkylation sites (tertiary alicyclic amines) is 1. The van der Waals surface area contributed by atoms with Crippen LogP contribution < -0.4 is 5.32 Å². The Labute approximate surface area is 202 Å². The number of benzene rings is 2. The van der Waals surface area contributed by atoms with Crippen LogP contribution in [0.2, 0.25) is 0 Å². The monoisotopic (exact) mass is 474 g/mol. The molecule has 0 saturated carbocycles. The Hall–Kier alpha value is -4.07. The van der Waals surface area contributed by atoms with Crippen molar-refractivity contribution >= 4 is 23.7 Å². The molecule has 3 aromatic rings. The Morgan fingerprint density at radius 2 is 1.71 bits per heavy atom. The van der Waals surface area contributed by atoms with E-state index in [1.165, 1.54) is 12.3 Å². The zero-order valence-corrected chi connectivity index (χ0v) is 19.1. The lowest BCUT2D eigenvalue weighted by Crippen LogP contribution is -2.40. The minimum atomic E-state index is -0.875. The van der Waals surface area contributed by atoms with Gasteiger partial charge in [-0.2, -0.15) is 0 Å². The van der Waals surface area contributed by atoms with E-state index in [0.29, 0.717) is 13.1 Å². The highest BCUT2D eigenvalue weighted by Gasteiger charge is 2.31. The lowest BCUT2D eigenvalue weighted by molar-refractivity contribution is -0.138. The third-order valence-electron chi connectivity index (χ3n) is 6.71. The molecule has 2 aliphatic rings. The van der Waals surface area contributed by atoms with Crippen LogP contribution in [-0.4, -0.2) is 47.7 Å². The number of hydrogen-bond acceptors (Lipinski definition) is 5. The van der Waals surface area contributed by atoms with Crippen molar-refractivity contribution in [2.75, 3.05) is 25.0 Å². The van der Waals surface area contributed by atoms with E-state index in [4.69, 9.17) is 14.3 Å². The smallest absolute Gasteiger partial charge is 0.411 e. The van der Waals surface area contributed by atoms with E-state index in [1.807, 2.05) is 36.4 Å². The van der Waals surface area contributed by atoms with Gasteiger partial charge in [-0.1, -0.05) is 48.5 Å². The number of carboxylic acid groups (broad SMARTS) is 1. The summed E-state index contributed by atoms with van der Waals surface area (Å²) >= 11 is 0. The number of carbonyl (C=O) groups is 3. The van der Waals surface area contributed by atoms with Gasteiger partial charge in [-0.25, -0.2) is 4.79 Å². The highest BCUT2D eigenvalue weighted by atomic mass is 16.5. The molecule has 2 N–H and O–H groups in total. The SMILES string of the molecule is O=C(O)CC1CCCN(C(=O)c2occc2NC(=O)OCC2c3ccccc3-c3ccccc32)C1. The predicted octanol–water partition coefficient (Wildman–Crippen LogP) is 4.97. The average Bonchev–Trinajstić information content (AvgIpc) is 3.44. The molecule has 1 aromatic heterocycles. The first kappa shape index (κ1) is 22.7. The maximum Gasteiger partial charge on any atom is 0.411 e. The van der Waals surface area contributed by atoms with Gasteiger partial charge in [-0.15, -0.1) is 0 Å². The van der Waals surface area contributed by atoms with Crippen molar-refractivity contribution in [3.05, 3.63) is 77.7 Å². The molecule has 1 atom stereocenters. The van der Waals surface area contributed by atoms with Crippen molar-refractivity contribution in [1.29, 1.82) is 0 Å². The molecular formula is C27H26N2O6. The molecule has 0 spiro atoms. The Balaban J connectivity index is 1.23. The number of anilines is 1. The Kier molecular flexibility index (Phi) is 6.27. The number of aliphatic carboxylic acids is 1. The van der Waals surface area contributed by atoms with Gasteiger partial charge in [0.15, 0.2) is 0 Å². The van der Waals surface area contributed by atoms with Gasteiger partial charge in [0, 0.05) is 31.5 Å². The number of carboxylic acids is 1. The lowest BCUT2D eigenvalue weighted by Gasteiger charge is -2.31. The molecule has 8 nitrogen and oxygen atoms in total. The van der Waals surface area contributed by atoms with Crippen LogP contribution in [0.15, 0.2) is 65.3 Å². The van der Waals surface area contributed by atoms with Crippen molar-refractivity contribution in [1.82, 2.24) is 4.90 Å². The minimum absolute atomic E-state index is 0.00878. The molecule has 1 fully saturated rings. The summed E-state index contributed by atoms with van der Waals surface area (Å²) < 4.78 is 11.0. The number of ether oxygens (including phenoxy) is 1. The predicted molar refractivity (Wildman–Crippen MR) is 128 cm³/mol. The molecule has 1 aliphatic carbocycles. The number of carbonyl (C=O) groups excluding carboxylic acids is 2. The fourth-order valence-electron chi connectivity index (χ4n) is 5.12. The summed E-state index contributed by atoms with van der Waals surface area (Å²) in [4.78, 5) is 38.3. The number of nitrogens with zero attached hydrogens (tertiary/aromatic N) is 1. The van der Waals surface area contributed by atoms with Crippen molar-refractivity contribution in [3.63, 3.8) is 0 Å². The first-order chi connectivity index (χ1) is 17.0. The normalized spacial score (nSPS) is 16.9. The number of rotatable bonds is 6. The molecule has 35 heavy (non-hydrogen) atoms. The quantitative estimate of drug-likeness (QED) is 0.522. The summed E-state index contributed by atoms with van der Waals surface area (Å²) in [5.41, 5.74) is 4.74. The van der Waals surface area contributed by atoms with Crippen LogP contribution in [0.1, 0.15) is 46.9 Å². The van der Waals surface area contributed by atoms with Gasteiger partial charge in [0.25, 0.3) is 5.91 Å². The molecule has 8 heteroatoms. The maximum atomic E-state index is 13.0. The van der Waals surface area contributed by atoms with Gasteiger partial charge in [0.05, 0.1) is 12.0 Å². The van der Waals surface area contributed by atoms with E-state index >= 15 is 0 Å². The third-order valence-corrected chi connectivity index (χ3v) is 6.71. The van der Waals surface area contributed by atoms with Gasteiger partial charge < -0.3 is 19.2 Å². The molecule has 2 aromatic carbocycles. The lowest BCUT2D eigenvalue weighted by atomic mass is 9.94. The number of piperidine rings is 1. The van der Waals surface area contributed by atoms with Gasteiger partial charge in [-0.05, 0) is 41.0 Å². The van der Waals surface area contributed by atoms with E-state index in [1.54, 1.807) is 4.90 Å². The van der Waals surface area contributed by atoms with Crippen LogP contribution in [-0.2, 0) is 9.53 Å². The van der Waals surface area contributed by atoms with Crippen LogP contribution in [0.5, 0.6) is 0 Å². The van der Waals surface area contributed by atoms with Crippen LogP contribution in [0.3, 0.4) is 0 Å². The van der Waals surface area contributed by atoms with E-state index < -0.39 is 12.1 Å². The largest absolute Gasteiger partial charge is 0.481 e. The molecule has 180 valence electrons. The van der Waals surface area contributed by atoms with Crippen molar-refractivity contribution in [3.8, 4) is 11.1 Å². The topological polar surface area (TPSA) is 109 Å². The molecule has 2 heterocycles. The summed E-state index contributed by atoms with van der Waals surface area (Å²) in [6, 6.07) is 17.7. The van der Waals surface area contributed by atoms with E-state index in [9.17, 15) is 14.4 Å². The average molecular weight is 475 g/mol. The molecular weight excluding hydrogens is 448 g/mol. The number of hydrogen-bond donors (Lipinski definition) is 2. The second-order valence-electron chi connectivity index (χ2n) is 8.97. The molecule has 2 amide bonds. The second kappa shape index (κ2) is 9.66. The summed E-state index contributed by atoms with van der Waals surface area (Å²) in [7, 11) is 0.